The molecule has 0 aliphatic heterocycles. The largest absolute Gasteiger partial charge is 0.497 e. The van der Waals surface area contributed by atoms with E-state index in [1.807, 2.05) is 20.8 Å². The van der Waals surface area contributed by atoms with Crippen LogP contribution in [-0.4, -0.2) is 25.7 Å². The number of ether oxygens (including phenoxy) is 2. The highest BCUT2D eigenvalue weighted by molar-refractivity contribution is 5.83. The topological polar surface area (TPSA) is 71.3 Å². The van der Waals surface area contributed by atoms with Gasteiger partial charge in [0.2, 0.25) is 0 Å². The molecule has 0 aromatic heterocycles. The van der Waals surface area contributed by atoms with Crippen LogP contribution in [0, 0.1) is 16.7 Å². The molecule has 0 fully saturated rings. The lowest BCUT2D eigenvalue weighted by atomic mass is 9.75. The normalized spacial score (nSPS) is 15.3. The maximum Gasteiger partial charge on any atom is 0.254 e. The second-order valence-electron chi connectivity index (χ2n) is 6.36. The summed E-state index contributed by atoms with van der Waals surface area (Å²) < 4.78 is 10.4. The van der Waals surface area contributed by atoms with E-state index in [-0.39, 0.29) is 5.91 Å². The smallest absolute Gasteiger partial charge is 0.254 e. The summed E-state index contributed by atoms with van der Waals surface area (Å²) in [6.07, 6.45) is -0.777. The first-order chi connectivity index (χ1) is 10.2. The number of carbonyl (C=O) groups is 1. The van der Waals surface area contributed by atoms with Crippen LogP contribution in [0.5, 0.6) is 5.75 Å². The molecule has 1 amide bonds. The average Bonchev–Trinajstić information content (AvgIpc) is 2.47. The monoisotopic (exact) mass is 304 g/mol. The van der Waals surface area contributed by atoms with E-state index in [1.165, 1.54) is 7.11 Å². The maximum atomic E-state index is 12.5. The fraction of sp³-hybridized carbons (Fsp3) is 0.529. The summed E-state index contributed by atoms with van der Waals surface area (Å²) in [6, 6.07) is 9.26. The highest BCUT2D eigenvalue weighted by Gasteiger charge is 2.40. The Kier molecular flexibility index (Phi) is 5.56. The van der Waals surface area contributed by atoms with E-state index >= 15 is 0 Å². The van der Waals surface area contributed by atoms with Gasteiger partial charge in [0.1, 0.15) is 11.3 Å². The van der Waals surface area contributed by atoms with E-state index < -0.39 is 17.1 Å². The molecule has 5 nitrogen and oxygen atoms in total. The summed E-state index contributed by atoms with van der Waals surface area (Å²) in [5.41, 5.74) is -0.696. The minimum Gasteiger partial charge on any atom is -0.497 e. The molecule has 1 aromatic carbocycles. The summed E-state index contributed by atoms with van der Waals surface area (Å²) in [5.74, 6) is 0.363. The molecule has 5 heteroatoms. The van der Waals surface area contributed by atoms with E-state index in [0.29, 0.717) is 11.3 Å². The molecule has 2 unspecified atom stereocenters. The van der Waals surface area contributed by atoms with E-state index in [0.717, 1.165) is 0 Å². The van der Waals surface area contributed by atoms with E-state index in [4.69, 9.17) is 9.47 Å². The van der Waals surface area contributed by atoms with Gasteiger partial charge >= 0.3 is 0 Å². The summed E-state index contributed by atoms with van der Waals surface area (Å²) in [6.45, 7) is 7.44. The van der Waals surface area contributed by atoms with Crippen molar-refractivity contribution < 1.29 is 14.3 Å². The lowest BCUT2D eigenvalue weighted by molar-refractivity contribution is -0.133. The Hall–Kier alpha value is -2.06. The Bertz CT molecular complexity index is 555. The number of nitriles is 1. The van der Waals surface area contributed by atoms with Gasteiger partial charge in [-0.15, -0.1) is 0 Å². The third-order valence-electron chi connectivity index (χ3n) is 3.99. The number of rotatable bonds is 5. The first kappa shape index (κ1) is 18.0. The predicted octanol–water partition coefficient (Wildman–Crippen LogP) is 2.83. The number of hydrogen-bond donors (Lipinski definition) is 1. The molecule has 0 radical (unpaired) electrons. The number of carbonyl (C=O) groups excluding carboxylic acids is 1. The van der Waals surface area contributed by atoms with Gasteiger partial charge in [-0.05, 0) is 30.0 Å². The highest BCUT2D eigenvalue weighted by atomic mass is 16.5. The van der Waals surface area contributed by atoms with E-state index in [9.17, 15) is 10.1 Å². The number of hydrogen-bond acceptors (Lipinski definition) is 4. The lowest BCUT2D eigenvalue weighted by Gasteiger charge is -2.37. The summed E-state index contributed by atoms with van der Waals surface area (Å²) in [5, 5.41) is 12.2. The second-order valence-corrected chi connectivity index (χ2v) is 6.36. The molecule has 2 atom stereocenters. The molecular formula is C17H24N2O3. The van der Waals surface area contributed by atoms with Crippen LogP contribution in [0.2, 0.25) is 0 Å². The molecule has 1 N–H and O–H groups in total. The molecule has 0 saturated carbocycles. The molecule has 1 aromatic rings. The molecule has 1 rings (SSSR count). The van der Waals surface area contributed by atoms with Crippen molar-refractivity contribution in [1.82, 2.24) is 5.32 Å². The first-order valence-electron chi connectivity index (χ1n) is 7.08. The van der Waals surface area contributed by atoms with Crippen molar-refractivity contribution in [3.8, 4) is 11.8 Å². The van der Waals surface area contributed by atoms with Crippen molar-refractivity contribution in [2.75, 3.05) is 14.2 Å². The number of methoxy groups -OCH3 is 2. The lowest BCUT2D eigenvalue weighted by Crippen LogP contribution is -2.55. The summed E-state index contributed by atoms with van der Waals surface area (Å²) in [4.78, 5) is 12.5. The average molecular weight is 304 g/mol. The third-order valence-corrected chi connectivity index (χ3v) is 3.99. The van der Waals surface area contributed by atoms with Gasteiger partial charge in [-0.1, -0.05) is 32.9 Å². The van der Waals surface area contributed by atoms with Crippen molar-refractivity contribution in [2.24, 2.45) is 5.41 Å². The standard InChI is InChI=1S/C17H24N2O3/c1-16(2,3)17(4,11-18)19-15(20)14(22-6)12-7-9-13(21-5)10-8-12/h7-10,14H,1-6H3,(H,19,20). The van der Waals surface area contributed by atoms with Crippen LogP contribution in [0.4, 0.5) is 0 Å². The van der Waals surface area contributed by atoms with E-state index in [1.54, 1.807) is 38.3 Å². The van der Waals surface area contributed by atoms with Crippen molar-refractivity contribution in [3.05, 3.63) is 29.8 Å². The molecule has 120 valence electrons. The highest BCUT2D eigenvalue weighted by Crippen LogP contribution is 2.30. The van der Waals surface area contributed by atoms with Crippen LogP contribution in [0.15, 0.2) is 24.3 Å². The van der Waals surface area contributed by atoms with Crippen LogP contribution < -0.4 is 10.1 Å². The fourth-order valence-electron chi connectivity index (χ4n) is 1.87. The zero-order chi connectivity index (χ0) is 17.0. The maximum absolute atomic E-state index is 12.5. The van der Waals surface area contributed by atoms with E-state index in [2.05, 4.69) is 11.4 Å². The Balaban J connectivity index is 3.00. The molecule has 0 saturated heterocycles. The van der Waals surface area contributed by atoms with Crippen LogP contribution in [-0.2, 0) is 9.53 Å². The van der Waals surface area contributed by atoms with Gasteiger partial charge in [0.15, 0.2) is 6.10 Å². The zero-order valence-corrected chi connectivity index (χ0v) is 14.1. The van der Waals surface area contributed by atoms with Gasteiger partial charge in [0, 0.05) is 7.11 Å². The van der Waals surface area contributed by atoms with Crippen molar-refractivity contribution in [2.45, 2.75) is 39.3 Å². The van der Waals surface area contributed by atoms with Crippen LogP contribution in [0.25, 0.3) is 0 Å². The van der Waals surface area contributed by atoms with Gasteiger partial charge in [-0.3, -0.25) is 4.79 Å². The minimum absolute atomic E-state index is 0.341. The molecule has 0 heterocycles. The van der Waals surface area contributed by atoms with Gasteiger partial charge in [-0.25, -0.2) is 0 Å². The summed E-state index contributed by atoms with van der Waals surface area (Å²) >= 11 is 0. The molecular weight excluding hydrogens is 280 g/mol. The van der Waals surface area contributed by atoms with Gasteiger partial charge in [0.25, 0.3) is 5.91 Å². The zero-order valence-electron chi connectivity index (χ0n) is 14.1. The Morgan fingerprint density at radius 3 is 2.09 bits per heavy atom. The van der Waals surface area contributed by atoms with Gasteiger partial charge in [-0.2, -0.15) is 5.26 Å². The number of amides is 1. The van der Waals surface area contributed by atoms with Crippen LogP contribution >= 0.6 is 0 Å². The Morgan fingerprint density at radius 1 is 1.18 bits per heavy atom. The van der Waals surface area contributed by atoms with Crippen molar-refractivity contribution in [3.63, 3.8) is 0 Å². The third kappa shape index (κ3) is 3.77. The molecule has 22 heavy (non-hydrogen) atoms. The minimum atomic E-state index is -0.993. The summed E-state index contributed by atoms with van der Waals surface area (Å²) in [7, 11) is 3.05. The molecule has 0 bridgehead atoms. The van der Waals surface area contributed by atoms with Crippen LogP contribution in [0.3, 0.4) is 0 Å². The Labute approximate surface area is 132 Å². The second kappa shape index (κ2) is 6.80. The Morgan fingerprint density at radius 2 is 1.73 bits per heavy atom. The first-order valence-corrected chi connectivity index (χ1v) is 7.08. The van der Waals surface area contributed by atoms with Gasteiger partial charge < -0.3 is 14.8 Å². The van der Waals surface area contributed by atoms with Crippen LogP contribution in [0.1, 0.15) is 39.4 Å². The number of benzene rings is 1. The van der Waals surface area contributed by atoms with Gasteiger partial charge in [0.05, 0.1) is 13.2 Å². The number of nitrogens with one attached hydrogen (secondary N) is 1. The fourth-order valence-corrected chi connectivity index (χ4v) is 1.87. The predicted molar refractivity (Wildman–Crippen MR) is 84.4 cm³/mol. The van der Waals surface area contributed by atoms with Crippen molar-refractivity contribution in [1.29, 1.82) is 5.26 Å². The molecule has 0 spiro atoms. The SMILES string of the molecule is COc1ccc(C(OC)C(=O)NC(C)(C#N)C(C)(C)C)cc1. The quantitative estimate of drug-likeness (QED) is 0.908. The number of nitrogens with zero attached hydrogens (tertiary/aromatic N) is 1. The molecule has 0 aliphatic carbocycles. The van der Waals surface area contributed by atoms with Crippen molar-refractivity contribution >= 4 is 5.91 Å². The molecule has 0 aliphatic rings.